The molecule has 0 aromatic carbocycles. The molecule has 1 aromatic rings. The van der Waals surface area contributed by atoms with E-state index in [1.165, 1.54) is 50.6 Å². The normalized spacial score (nSPS) is 32.8. The van der Waals surface area contributed by atoms with Crippen LogP contribution in [0.25, 0.3) is 0 Å². The Morgan fingerprint density at radius 1 is 1.21 bits per heavy atom. The maximum atomic E-state index is 4.62. The van der Waals surface area contributed by atoms with Crippen LogP contribution in [0.4, 0.5) is 0 Å². The molecular weight excluding hydrogens is 234 g/mol. The molecule has 2 fully saturated rings. The highest BCUT2D eigenvalue weighted by atomic mass is 15.3. The Morgan fingerprint density at radius 3 is 2.68 bits per heavy atom. The summed E-state index contributed by atoms with van der Waals surface area (Å²) < 4.78 is 1.92. The minimum absolute atomic E-state index is 0.448. The Bertz CT molecular complexity index is 412. The zero-order valence-electron chi connectivity index (χ0n) is 12.3. The van der Waals surface area contributed by atoms with Crippen molar-refractivity contribution in [3.05, 3.63) is 18.0 Å². The maximum Gasteiger partial charge on any atom is 0.0796 e. The van der Waals surface area contributed by atoms with Crippen molar-refractivity contribution in [1.82, 2.24) is 15.1 Å². The summed E-state index contributed by atoms with van der Waals surface area (Å²) in [4.78, 5) is 0. The first kappa shape index (κ1) is 13.2. The lowest BCUT2D eigenvalue weighted by Crippen LogP contribution is -2.34. The molecule has 4 unspecified atom stereocenters. The molecule has 19 heavy (non-hydrogen) atoms. The molecule has 0 saturated heterocycles. The van der Waals surface area contributed by atoms with Gasteiger partial charge in [0.1, 0.15) is 0 Å². The van der Waals surface area contributed by atoms with E-state index < -0.39 is 0 Å². The lowest BCUT2D eigenvalue weighted by molar-refractivity contribution is 0.110. The highest BCUT2D eigenvalue weighted by Crippen LogP contribution is 2.45. The van der Waals surface area contributed by atoms with Crippen molar-refractivity contribution in [3.8, 4) is 0 Å². The van der Waals surface area contributed by atoms with Gasteiger partial charge in [0.15, 0.2) is 0 Å². The summed E-state index contributed by atoms with van der Waals surface area (Å²) in [5.41, 5.74) is 1.23. The third kappa shape index (κ3) is 2.71. The van der Waals surface area contributed by atoms with Crippen LogP contribution in [0.3, 0.4) is 0 Å². The van der Waals surface area contributed by atoms with Crippen LogP contribution in [0, 0.1) is 17.8 Å². The number of hydrogen-bond donors (Lipinski definition) is 1. The largest absolute Gasteiger partial charge is 0.311 e. The second-order valence-corrected chi connectivity index (χ2v) is 6.56. The van der Waals surface area contributed by atoms with Crippen LogP contribution in [0.1, 0.15) is 56.7 Å². The summed E-state index contributed by atoms with van der Waals surface area (Å²) in [5.74, 6) is 2.80. The van der Waals surface area contributed by atoms with Gasteiger partial charge in [0.25, 0.3) is 0 Å². The molecule has 0 aliphatic heterocycles. The Hall–Kier alpha value is -0.830. The monoisotopic (exact) mass is 261 g/mol. The average Bonchev–Trinajstić information content (AvgIpc) is 2.86. The molecule has 0 bridgehead atoms. The van der Waals surface area contributed by atoms with Crippen molar-refractivity contribution in [1.29, 1.82) is 0 Å². The third-order valence-electron chi connectivity index (χ3n) is 5.42. The molecule has 1 aromatic heterocycles. The topological polar surface area (TPSA) is 29.9 Å². The van der Waals surface area contributed by atoms with Gasteiger partial charge in [0.2, 0.25) is 0 Å². The minimum Gasteiger partial charge on any atom is -0.311 e. The number of aryl methyl sites for hydroxylation is 1. The van der Waals surface area contributed by atoms with Gasteiger partial charge in [-0.3, -0.25) is 4.68 Å². The van der Waals surface area contributed by atoms with Crippen LogP contribution in [0.5, 0.6) is 0 Å². The molecule has 2 saturated carbocycles. The molecule has 2 aliphatic carbocycles. The molecule has 3 rings (SSSR count). The van der Waals surface area contributed by atoms with E-state index in [-0.39, 0.29) is 0 Å². The molecule has 106 valence electrons. The van der Waals surface area contributed by atoms with Crippen molar-refractivity contribution < 1.29 is 0 Å². The van der Waals surface area contributed by atoms with Crippen molar-refractivity contribution in [3.63, 3.8) is 0 Å². The molecule has 3 heteroatoms. The second kappa shape index (κ2) is 5.66. The van der Waals surface area contributed by atoms with Gasteiger partial charge in [-0.15, -0.1) is 0 Å². The van der Waals surface area contributed by atoms with Crippen LogP contribution in [-0.4, -0.2) is 16.8 Å². The fourth-order valence-electron chi connectivity index (χ4n) is 4.44. The minimum atomic E-state index is 0.448. The smallest absolute Gasteiger partial charge is 0.0796 e. The van der Waals surface area contributed by atoms with Gasteiger partial charge in [-0.05, 0) is 50.1 Å². The van der Waals surface area contributed by atoms with E-state index in [2.05, 4.69) is 29.7 Å². The van der Waals surface area contributed by atoms with Crippen molar-refractivity contribution >= 4 is 0 Å². The van der Waals surface area contributed by atoms with Gasteiger partial charge in [0, 0.05) is 13.2 Å². The SMILES string of the molecule is CNC(c1ccn(C)n1)C1CCC2CCCCC2C1. The van der Waals surface area contributed by atoms with Crippen molar-refractivity contribution in [2.24, 2.45) is 24.8 Å². The third-order valence-corrected chi connectivity index (χ3v) is 5.42. The van der Waals surface area contributed by atoms with Gasteiger partial charge in [-0.25, -0.2) is 0 Å². The van der Waals surface area contributed by atoms with E-state index in [9.17, 15) is 0 Å². The summed E-state index contributed by atoms with van der Waals surface area (Å²) in [5, 5.41) is 8.14. The van der Waals surface area contributed by atoms with Gasteiger partial charge < -0.3 is 5.32 Å². The van der Waals surface area contributed by atoms with E-state index >= 15 is 0 Å². The van der Waals surface area contributed by atoms with E-state index in [1.54, 1.807) is 0 Å². The Kier molecular flexibility index (Phi) is 3.92. The highest BCUT2D eigenvalue weighted by Gasteiger charge is 2.35. The average molecular weight is 261 g/mol. The molecule has 3 nitrogen and oxygen atoms in total. The zero-order valence-corrected chi connectivity index (χ0v) is 12.3. The molecule has 0 amide bonds. The first-order chi connectivity index (χ1) is 9.28. The standard InChI is InChI=1S/C16H27N3/c1-17-16(15-9-10-19(2)18-15)14-8-7-12-5-3-4-6-13(12)11-14/h9-10,12-14,16-17H,3-8,11H2,1-2H3. The quantitative estimate of drug-likeness (QED) is 0.905. The number of aromatic nitrogens is 2. The van der Waals surface area contributed by atoms with Gasteiger partial charge >= 0.3 is 0 Å². The number of nitrogens with one attached hydrogen (secondary N) is 1. The maximum absolute atomic E-state index is 4.62. The van der Waals surface area contributed by atoms with Crippen LogP contribution in [0.2, 0.25) is 0 Å². The van der Waals surface area contributed by atoms with Crippen LogP contribution >= 0.6 is 0 Å². The number of hydrogen-bond acceptors (Lipinski definition) is 2. The molecule has 0 spiro atoms. The van der Waals surface area contributed by atoms with E-state index in [4.69, 9.17) is 0 Å². The van der Waals surface area contributed by atoms with E-state index in [0.717, 1.165) is 17.8 Å². The van der Waals surface area contributed by atoms with Crippen LogP contribution < -0.4 is 5.32 Å². The van der Waals surface area contributed by atoms with Gasteiger partial charge in [-0.1, -0.05) is 25.7 Å². The fourth-order valence-corrected chi connectivity index (χ4v) is 4.44. The van der Waals surface area contributed by atoms with E-state index in [1.807, 2.05) is 11.7 Å². The number of rotatable bonds is 3. The van der Waals surface area contributed by atoms with Crippen molar-refractivity contribution in [2.45, 2.75) is 51.0 Å². The van der Waals surface area contributed by atoms with Crippen LogP contribution in [0.15, 0.2) is 12.3 Å². The van der Waals surface area contributed by atoms with E-state index in [0.29, 0.717) is 6.04 Å². The fraction of sp³-hybridized carbons (Fsp3) is 0.812. The molecule has 2 aliphatic rings. The predicted octanol–water partition coefficient (Wildman–Crippen LogP) is 3.29. The summed E-state index contributed by atoms with van der Waals surface area (Å²) in [6.07, 6.45) is 12.2. The zero-order chi connectivity index (χ0) is 13.2. The first-order valence-corrected chi connectivity index (χ1v) is 7.94. The van der Waals surface area contributed by atoms with Crippen LogP contribution in [-0.2, 0) is 7.05 Å². The number of nitrogens with zero attached hydrogens (tertiary/aromatic N) is 2. The first-order valence-electron chi connectivity index (χ1n) is 7.94. The molecular formula is C16H27N3. The predicted molar refractivity (Wildman–Crippen MR) is 77.8 cm³/mol. The lowest BCUT2D eigenvalue weighted by Gasteiger charge is -2.41. The summed E-state index contributed by atoms with van der Waals surface area (Å²) in [7, 11) is 4.10. The molecule has 0 radical (unpaired) electrons. The summed E-state index contributed by atoms with van der Waals surface area (Å²) >= 11 is 0. The highest BCUT2D eigenvalue weighted by molar-refractivity contribution is 5.08. The molecule has 4 atom stereocenters. The Labute approximate surface area is 116 Å². The molecule has 1 N–H and O–H groups in total. The van der Waals surface area contributed by atoms with Gasteiger partial charge in [0.05, 0.1) is 11.7 Å². The van der Waals surface area contributed by atoms with Crippen molar-refractivity contribution in [2.75, 3.05) is 7.05 Å². The lowest BCUT2D eigenvalue weighted by atomic mass is 9.66. The number of fused-ring (bicyclic) bond motifs is 1. The van der Waals surface area contributed by atoms with Gasteiger partial charge in [-0.2, -0.15) is 5.10 Å². The molecule has 1 heterocycles. The Balaban J connectivity index is 1.70. The summed E-state index contributed by atoms with van der Waals surface area (Å²) in [6.45, 7) is 0. The second-order valence-electron chi connectivity index (χ2n) is 6.56. The Morgan fingerprint density at radius 2 is 2.00 bits per heavy atom. The summed E-state index contributed by atoms with van der Waals surface area (Å²) in [6, 6.07) is 2.62.